The fraction of sp³-hybridized carbons (Fsp3) is 0.353. The van der Waals surface area contributed by atoms with E-state index in [1.54, 1.807) is 46.4 Å². The average Bonchev–Trinajstić information content (AvgIpc) is 3.01. The highest BCUT2D eigenvalue weighted by Crippen LogP contribution is 2.22. The first-order valence-corrected chi connectivity index (χ1v) is 7.69. The maximum atomic E-state index is 12.3. The van der Waals surface area contributed by atoms with Gasteiger partial charge in [-0.05, 0) is 24.6 Å². The van der Waals surface area contributed by atoms with E-state index in [2.05, 4.69) is 10.4 Å². The lowest BCUT2D eigenvalue weighted by molar-refractivity contribution is 0.0513. The van der Waals surface area contributed by atoms with E-state index in [1.165, 1.54) is 10.7 Å². The van der Waals surface area contributed by atoms with Crippen molar-refractivity contribution in [3.8, 4) is 11.5 Å². The average molecular weight is 347 g/mol. The topological polar surface area (TPSA) is 91.7 Å². The highest BCUT2D eigenvalue weighted by Gasteiger charge is 2.18. The maximum Gasteiger partial charge on any atom is 0.356 e. The first-order valence-electron chi connectivity index (χ1n) is 7.69. The van der Waals surface area contributed by atoms with Gasteiger partial charge in [-0.2, -0.15) is 5.10 Å². The van der Waals surface area contributed by atoms with Crippen LogP contribution in [0.4, 0.5) is 0 Å². The zero-order valence-corrected chi connectivity index (χ0v) is 14.7. The number of rotatable bonds is 7. The molecule has 0 fully saturated rings. The Balaban J connectivity index is 2.08. The molecule has 0 bridgehead atoms. The number of aryl methyl sites for hydroxylation is 1. The summed E-state index contributed by atoms with van der Waals surface area (Å²) in [5, 5.41) is 6.80. The van der Waals surface area contributed by atoms with Gasteiger partial charge >= 0.3 is 5.97 Å². The van der Waals surface area contributed by atoms with Crippen LogP contribution in [0.1, 0.15) is 33.5 Å². The number of benzene rings is 1. The number of hydrogen-bond donors (Lipinski definition) is 1. The van der Waals surface area contributed by atoms with Gasteiger partial charge in [0.25, 0.3) is 5.91 Å². The molecule has 8 nitrogen and oxygen atoms in total. The number of aromatic nitrogens is 2. The Morgan fingerprint density at radius 2 is 1.76 bits per heavy atom. The van der Waals surface area contributed by atoms with Crippen molar-refractivity contribution < 1.29 is 23.8 Å². The van der Waals surface area contributed by atoms with Gasteiger partial charge in [0.1, 0.15) is 17.2 Å². The molecule has 0 atom stereocenters. The number of esters is 1. The van der Waals surface area contributed by atoms with Gasteiger partial charge in [0.2, 0.25) is 0 Å². The summed E-state index contributed by atoms with van der Waals surface area (Å²) in [5.74, 6) is 0.346. The molecule has 1 aromatic carbocycles. The molecular weight excluding hydrogens is 326 g/mol. The first-order chi connectivity index (χ1) is 12.0. The lowest BCUT2D eigenvalue weighted by Gasteiger charge is -2.09. The molecule has 0 saturated carbocycles. The molecule has 0 aliphatic heterocycles. The standard InChI is InChI=1S/C17H21N3O5/c1-5-25-17(22)15-9-14(19-20(15)2)16(21)18-10-11-6-12(23-3)8-13(7-11)24-4/h6-9H,5,10H2,1-4H3,(H,18,21). The van der Waals surface area contributed by atoms with Crippen LogP contribution in [0.25, 0.3) is 0 Å². The minimum atomic E-state index is -0.519. The van der Waals surface area contributed by atoms with Crippen molar-refractivity contribution in [3.05, 3.63) is 41.2 Å². The number of methoxy groups -OCH3 is 2. The lowest BCUT2D eigenvalue weighted by Crippen LogP contribution is -2.23. The maximum absolute atomic E-state index is 12.3. The van der Waals surface area contributed by atoms with Crippen LogP contribution in [-0.2, 0) is 18.3 Å². The van der Waals surface area contributed by atoms with Gasteiger partial charge in [0, 0.05) is 25.7 Å². The zero-order chi connectivity index (χ0) is 18.4. The van der Waals surface area contributed by atoms with Crippen LogP contribution in [0.5, 0.6) is 11.5 Å². The summed E-state index contributed by atoms with van der Waals surface area (Å²) in [7, 11) is 4.69. The molecule has 25 heavy (non-hydrogen) atoms. The van der Waals surface area contributed by atoms with Gasteiger partial charge in [0.15, 0.2) is 5.69 Å². The van der Waals surface area contributed by atoms with E-state index in [0.29, 0.717) is 11.5 Å². The molecule has 1 N–H and O–H groups in total. The molecule has 0 saturated heterocycles. The Morgan fingerprint density at radius 1 is 1.12 bits per heavy atom. The largest absolute Gasteiger partial charge is 0.497 e. The predicted molar refractivity (Wildman–Crippen MR) is 89.9 cm³/mol. The Hall–Kier alpha value is -3.03. The van der Waals surface area contributed by atoms with E-state index in [4.69, 9.17) is 14.2 Å². The van der Waals surface area contributed by atoms with Crippen LogP contribution in [0.2, 0.25) is 0 Å². The quantitative estimate of drug-likeness (QED) is 0.764. The van der Waals surface area contributed by atoms with Crippen LogP contribution in [0.15, 0.2) is 24.3 Å². The zero-order valence-electron chi connectivity index (χ0n) is 14.7. The second-order valence-electron chi connectivity index (χ2n) is 5.16. The van der Waals surface area contributed by atoms with Crippen molar-refractivity contribution in [2.24, 2.45) is 7.05 Å². The summed E-state index contributed by atoms with van der Waals surface area (Å²) < 4.78 is 16.6. The number of nitrogens with one attached hydrogen (secondary N) is 1. The molecule has 0 unspecified atom stereocenters. The Labute approximate surface area is 145 Å². The van der Waals surface area contributed by atoms with Crippen LogP contribution < -0.4 is 14.8 Å². The Bertz CT molecular complexity index is 747. The van der Waals surface area contributed by atoms with Crippen molar-refractivity contribution in [2.45, 2.75) is 13.5 Å². The molecule has 0 aliphatic rings. The third-order valence-electron chi connectivity index (χ3n) is 3.46. The Kier molecular flexibility index (Phi) is 5.99. The number of carbonyl (C=O) groups is 2. The van der Waals surface area contributed by atoms with E-state index >= 15 is 0 Å². The molecule has 1 amide bonds. The third-order valence-corrected chi connectivity index (χ3v) is 3.46. The van der Waals surface area contributed by atoms with Crippen LogP contribution >= 0.6 is 0 Å². The van der Waals surface area contributed by atoms with Crippen LogP contribution in [0.3, 0.4) is 0 Å². The van der Waals surface area contributed by atoms with Gasteiger partial charge in [-0.25, -0.2) is 4.79 Å². The monoisotopic (exact) mass is 347 g/mol. The summed E-state index contributed by atoms with van der Waals surface area (Å²) in [4.78, 5) is 24.1. The lowest BCUT2D eigenvalue weighted by atomic mass is 10.2. The van der Waals surface area contributed by atoms with Gasteiger partial charge in [0.05, 0.1) is 20.8 Å². The van der Waals surface area contributed by atoms with Crippen LogP contribution in [-0.4, -0.2) is 42.5 Å². The molecule has 2 rings (SSSR count). The Morgan fingerprint density at radius 3 is 2.32 bits per heavy atom. The highest BCUT2D eigenvalue weighted by molar-refractivity contribution is 5.96. The summed E-state index contributed by atoms with van der Waals surface area (Å²) in [6.45, 7) is 2.23. The number of nitrogens with zero attached hydrogens (tertiary/aromatic N) is 2. The summed E-state index contributed by atoms with van der Waals surface area (Å²) in [5.41, 5.74) is 1.17. The van der Waals surface area contributed by atoms with Crippen LogP contribution in [0, 0.1) is 0 Å². The molecule has 8 heteroatoms. The van der Waals surface area contributed by atoms with Crippen molar-refractivity contribution in [1.29, 1.82) is 0 Å². The summed E-state index contributed by atoms with van der Waals surface area (Å²) in [6.07, 6.45) is 0. The molecule has 0 spiro atoms. The third kappa shape index (κ3) is 4.50. The van der Waals surface area contributed by atoms with E-state index in [0.717, 1.165) is 5.56 Å². The van der Waals surface area contributed by atoms with E-state index in [1.807, 2.05) is 0 Å². The number of ether oxygens (including phenoxy) is 3. The van der Waals surface area contributed by atoms with Crippen molar-refractivity contribution in [1.82, 2.24) is 15.1 Å². The minimum absolute atomic E-state index is 0.139. The first kappa shape index (κ1) is 18.3. The van der Waals surface area contributed by atoms with Crippen molar-refractivity contribution in [2.75, 3.05) is 20.8 Å². The molecule has 1 aromatic heterocycles. The minimum Gasteiger partial charge on any atom is -0.497 e. The van der Waals surface area contributed by atoms with Crippen molar-refractivity contribution >= 4 is 11.9 Å². The molecular formula is C17H21N3O5. The molecule has 134 valence electrons. The van der Waals surface area contributed by atoms with Gasteiger partial charge < -0.3 is 19.5 Å². The second kappa shape index (κ2) is 8.18. The highest BCUT2D eigenvalue weighted by atomic mass is 16.5. The fourth-order valence-electron chi connectivity index (χ4n) is 2.22. The SMILES string of the molecule is CCOC(=O)c1cc(C(=O)NCc2cc(OC)cc(OC)c2)nn1C. The van der Waals surface area contributed by atoms with Gasteiger partial charge in [-0.1, -0.05) is 0 Å². The summed E-state index contributed by atoms with van der Waals surface area (Å²) >= 11 is 0. The van der Waals surface area contributed by atoms with Gasteiger partial charge in [-0.3, -0.25) is 9.48 Å². The number of carbonyl (C=O) groups excluding carboxylic acids is 2. The number of amides is 1. The van der Waals surface area contributed by atoms with E-state index in [9.17, 15) is 9.59 Å². The molecule has 0 aliphatic carbocycles. The molecule has 2 aromatic rings. The smallest absolute Gasteiger partial charge is 0.356 e. The van der Waals surface area contributed by atoms with E-state index < -0.39 is 11.9 Å². The fourth-order valence-corrected chi connectivity index (χ4v) is 2.22. The summed E-state index contributed by atoms with van der Waals surface area (Å²) in [6, 6.07) is 6.74. The predicted octanol–water partition coefficient (Wildman–Crippen LogP) is 1.54. The van der Waals surface area contributed by atoms with Gasteiger partial charge in [-0.15, -0.1) is 0 Å². The molecule has 0 radical (unpaired) electrons. The molecule has 1 heterocycles. The van der Waals surface area contributed by atoms with E-state index in [-0.39, 0.29) is 24.5 Å². The second-order valence-corrected chi connectivity index (χ2v) is 5.16. The van der Waals surface area contributed by atoms with Crippen molar-refractivity contribution in [3.63, 3.8) is 0 Å². The normalized spacial score (nSPS) is 10.2. The number of hydrogen-bond acceptors (Lipinski definition) is 6.